The summed E-state index contributed by atoms with van der Waals surface area (Å²) in [6, 6.07) is 7.08. The summed E-state index contributed by atoms with van der Waals surface area (Å²) in [4.78, 5) is 4.24. The number of halogens is 4. The van der Waals surface area contributed by atoms with E-state index in [1.165, 1.54) is 18.3 Å². The normalized spacial score (nSPS) is 11.2. The number of hydrogen-bond donors (Lipinski definition) is 2. The van der Waals surface area contributed by atoms with Crippen LogP contribution < -0.4 is 11.1 Å². The van der Waals surface area contributed by atoms with Crippen LogP contribution in [0.2, 0.25) is 0 Å². The van der Waals surface area contributed by atoms with Crippen LogP contribution in [0.5, 0.6) is 0 Å². The summed E-state index contributed by atoms with van der Waals surface area (Å²) in [5, 5.41) is 2.79. The van der Waals surface area contributed by atoms with E-state index in [0.29, 0.717) is 11.4 Å². The van der Waals surface area contributed by atoms with Gasteiger partial charge < -0.3 is 11.1 Å². The lowest BCUT2D eigenvalue weighted by atomic mass is 10.2. The molecule has 0 saturated heterocycles. The van der Waals surface area contributed by atoms with Gasteiger partial charge in [-0.05, 0) is 30.3 Å². The number of benzene rings is 1. The third kappa shape index (κ3) is 3.92. The van der Waals surface area contributed by atoms with Crippen molar-refractivity contribution in [3.05, 3.63) is 52.1 Å². The Hall–Kier alpha value is -1.67. The van der Waals surface area contributed by atoms with E-state index in [-0.39, 0.29) is 15.1 Å². The number of anilines is 2. The molecule has 0 fully saturated rings. The predicted molar refractivity (Wildman–Crippen MR) is 82.6 cm³/mol. The van der Waals surface area contributed by atoms with Crippen LogP contribution in [0.4, 0.5) is 24.7 Å². The number of hydrogen-bond acceptors (Lipinski definition) is 3. The average Bonchev–Trinajstić information content (AvgIpc) is 2.40. The maximum Gasteiger partial charge on any atom is 0.417 e. The Labute approximate surface area is 132 Å². The summed E-state index contributed by atoms with van der Waals surface area (Å²) < 4.78 is 38.4. The Balaban J connectivity index is 2.26. The average molecular weight is 376 g/mol. The molecular weight excluding hydrogens is 367 g/mol. The molecule has 8 heteroatoms. The minimum Gasteiger partial charge on any atom is -0.389 e. The fourth-order valence-corrected chi connectivity index (χ4v) is 2.17. The first-order valence-corrected chi connectivity index (χ1v) is 6.87. The Morgan fingerprint density at radius 1 is 1.24 bits per heavy atom. The quantitative estimate of drug-likeness (QED) is 0.787. The maximum absolute atomic E-state index is 12.8. The minimum atomic E-state index is -4.43. The molecule has 110 valence electrons. The van der Waals surface area contributed by atoms with Crippen LogP contribution in [-0.4, -0.2) is 9.97 Å². The molecule has 0 aliphatic heterocycles. The summed E-state index contributed by atoms with van der Waals surface area (Å²) in [5.74, 6) is 0.394. The van der Waals surface area contributed by atoms with Gasteiger partial charge in [0, 0.05) is 21.9 Å². The highest BCUT2D eigenvalue weighted by Gasteiger charge is 2.33. The molecule has 21 heavy (non-hydrogen) atoms. The number of pyridine rings is 1. The third-order valence-corrected chi connectivity index (χ3v) is 3.52. The fourth-order valence-electron chi connectivity index (χ4n) is 1.58. The molecule has 0 unspecified atom stereocenters. The van der Waals surface area contributed by atoms with E-state index in [1.54, 1.807) is 12.1 Å². The molecule has 0 spiro atoms. The van der Waals surface area contributed by atoms with Crippen LogP contribution in [0.25, 0.3) is 0 Å². The number of aromatic nitrogens is 1. The molecule has 1 aromatic carbocycles. The summed E-state index contributed by atoms with van der Waals surface area (Å²) >= 11 is 7.68. The zero-order valence-corrected chi connectivity index (χ0v) is 12.8. The fraction of sp³-hybridized carbons (Fsp3) is 0.0769. The van der Waals surface area contributed by atoms with Crippen molar-refractivity contribution in [2.24, 2.45) is 5.73 Å². The zero-order chi connectivity index (χ0) is 15.6. The summed E-state index contributed by atoms with van der Waals surface area (Å²) in [7, 11) is 0. The van der Waals surface area contributed by atoms with Crippen LogP contribution in [0.15, 0.2) is 41.0 Å². The van der Waals surface area contributed by atoms with Gasteiger partial charge in [0.1, 0.15) is 10.8 Å². The molecule has 0 aliphatic carbocycles. The molecule has 0 bridgehead atoms. The van der Waals surface area contributed by atoms with Gasteiger partial charge in [-0.2, -0.15) is 13.2 Å². The standard InChI is InChI=1S/C13H9BrF3N3S/c14-10-3-2-8(5-9(10)13(15,16)17)20-11-4-1-7(6-19-11)12(18)21/h1-6H,(H2,18,21)(H,19,20). The van der Waals surface area contributed by atoms with Gasteiger partial charge in [-0.3, -0.25) is 0 Å². The van der Waals surface area contributed by atoms with Gasteiger partial charge in [-0.25, -0.2) is 4.98 Å². The van der Waals surface area contributed by atoms with Gasteiger partial charge in [-0.1, -0.05) is 28.1 Å². The lowest BCUT2D eigenvalue weighted by Crippen LogP contribution is -2.10. The van der Waals surface area contributed by atoms with E-state index >= 15 is 0 Å². The van der Waals surface area contributed by atoms with Crippen molar-refractivity contribution in [3.8, 4) is 0 Å². The van der Waals surface area contributed by atoms with Crippen LogP contribution in [-0.2, 0) is 6.18 Å². The first-order chi connectivity index (χ1) is 9.77. The lowest BCUT2D eigenvalue weighted by molar-refractivity contribution is -0.138. The molecule has 0 amide bonds. The first-order valence-electron chi connectivity index (χ1n) is 5.67. The monoisotopic (exact) mass is 375 g/mol. The van der Waals surface area contributed by atoms with Gasteiger partial charge in [0.25, 0.3) is 0 Å². The van der Waals surface area contributed by atoms with E-state index in [2.05, 4.69) is 26.2 Å². The molecular formula is C13H9BrF3N3S. The van der Waals surface area contributed by atoms with Crippen molar-refractivity contribution >= 4 is 44.6 Å². The van der Waals surface area contributed by atoms with Crippen LogP contribution in [0, 0.1) is 0 Å². The largest absolute Gasteiger partial charge is 0.417 e. The molecule has 0 saturated carbocycles. The van der Waals surface area contributed by atoms with E-state index < -0.39 is 11.7 Å². The van der Waals surface area contributed by atoms with Crippen molar-refractivity contribution in [1.29, 1.82) is 0 Å². The third-order valence-electron chi connectivity index (χ3n) is 2.59. The SMILES string of the molecule is NC(=S)c1ccc(Nc2ccc(Br)c(C(F)(F)F)c2)nc1. The number of nitrogens with zero attached hydrogens (tertiary/aromatic N) is 1. The lowest BCUT2D eigenvalue weighted by Gasteiger charge is -2.12. The number of rotatable bonds is 3. The molecule has 3 N–H and O–H groups in total. The van der Waals surface area contributed by atoms with Gasteiger partial charge in [0.05, 0.1) is 5.56 Å². The Bertz CT molecular complexity index is 671. The van der Waals surface area contributed by atoms with Crippen molar-refractivity contribution in [2.45, 2.75) is 6.18 Å². The Kier molecular flexibility index (Phi) is 4.48. The molecule has 3 nitrogen and oxygen atoms in total. The van der Waals surface area contributed by atoms with Crippen molar-refractivity contribution in [1.82, 2.24) is 4.98 Å². The Morgan fingerprint density at radius 3 is 2.48 bits per heavy atom. The molecule has 1 heterocycles. The number of nitrogens with two attached hydrogens (primary N) is 1. The summed E-state index contributed by atoms with van der Waals surface area (Å²) in [6.07, 6.45) is -2.98. The van der Waals surface area contributed by atoms with Gasteiger partial charge >= 0.3 is 6.18 Å². The molecule has 0 aliphatic rings. The highest BCUT2D eigenvalue weighted by atomic mass is 79.9. The molecule has 2 rings (SSSR count). The van der Waals surface area contributed by atoms with Gasteiger partial charge in [0.15, 0.2) is 0 Å². The highest BCUT2D eigenvalue weighted by Crippen LogP contribution is 2.36. The van der Waals surface area contributed by atoms with Gasteiger partial charge in [0.2, 0.25) is 0 Å². The molecule has 0 atom stereocenters. The smallest absolute Gasteiger partial charge is 0.389 e. The second-order valence-electron chi connectivity index (χ2n) is 4.11. The van der Waals surface area contributed by atoms with Crippen molar-refractivity contribution in [2.75, 3.05) is 5.32 Å². The second kappa shape index (κ2) is 5.98. The second-order valence-corrected chi connectivity index (χ2v) is 5.41. The summed E-state index contributed by atoms with van der Waals surface area (Å²) in [5.41, 5.74) is 5.55. The molecule has 0 radical (unpaired) electrons. The van der Waals surface area contributed by atoms with E-state index in [9.17, 15) is 13.2 Å². The molecule has 1 aromatic heterocycles. The summed E-state index contributed by atoms with van der Waals surface area (Å²) in [6.45, 7) is 0. The van der Waals surface area contributed by atoms with E-state index in [0.717, 1.165) is 6.07 Å². The van der Waals surface area contributed by atoms with E-state index in [1.807, 2.05) is 0 Å². The predicted octanol–water partition coefficient (Wildman–Crippen LogP) is 4.24. The van der Waals surface area contributed by atoms with E-state index in [4.69, 9.17) is 18.0 Å². The Morgan fingerprint density at radius 2 is 1.95 bits per heavy atom. The van der Waals surface area contributed by atoms with Crippen LogP contribution in [0.1, 0.15) is 11.1 Å². The zero-order valence-electron chi connectivity index (χ0n) is 10.4. The number of thiocarbonyl (C=S) groups is 1. The highest BCUT2D eigenvalue weighted by molar-refractivity contribution is 9.10. The van der Waals surface area contributed by atoms with Crippen molar-refractivity contribution < 1.29 is 13.2 Å². The van der Waals surface area contributed by atoms with Crippen molar-refractivity contribution in [3.63, 3.8) is 0 Å². The maximum atomic E-state index is 12.8. The number of nitrogens with one attached hydrogen (secondary N) is 1. The van der Waals surface area contributed by atoms with Crippen LogP contribution in [0.3, 0.4) is 0 Å². The first kappa shape index (κ1) is 15.7. The van der Waals surface area contributed by atoms with Gasteiger partial charge in [-0.15, -0.1) is 0 Å². The van der Waals surface area contributed by atoms with Crippen LogP contribution >= 0.6 is 28.1 Å². The number of alkyl halides is 3. The minimum absolute atomic E-state index is 0.0164. The molecule has 2 aromatic rings. The topological polar surface area (TPSA) is 50.9 Å².